The lowest BCUT2D eigenvalue weighted by Crippen LogP contribution is -2.65. The molecule has 9 nitrogen and oxygen atoms in total. The monoisotopic (exact) mass is 688 g/mol. The van der Waals surface area contributed by atoms with E-state index < -0.39 is 42.3 Å². The van der Waals surface area contributed by atoms with E-state index in [9.17, 15) is 25.2 Å². The van der Waals surface area contributed by atoms with E-state index in [1.165, 1.54) is 11.6 Å². The van der Waals surface area contributed by atoms with Crippen molar-refractivity contribution in [3.8, 4) is 0 Å². The van der Waals surface area contributed by atoms with Gasteiger partial charge in [0.25, 0.3) is 0 Å². The van der Waals surface area contributed by atoms with Gasteiger partial charge in [0.15, 0.2) is 5.79 Å². The van der Waals surface area contributed by atoms with Gasteiger partial charge < -0.3 is 39.7 Å². The second-order valence-corrected chi connectivity index (χ2v) is 14.5. The summed E-state index contributed by atoms with van der Waals surface area (Å²) in [5.41, 5.74) is 1.22. The molecule has 1 spiro atoms. The number of hydrogen-bond donors (Lipinski definition) is 5. The van der Waals surface area contributed by atoms with E-state index in [0.717, 1.165) is 6.42 Å². The topological polar surface area (TPSA) is 146 Å². The Bertz CT molecular complexity index is 1190. The lowest BCUT2D eigenvalue weighted by atomic mass is 9.74. The normalized spacial score (nSPS) is 33.1. The maximum absolute atomic E-state index is 11.5. The van der Waals surface area contributed by atoms with Gasteiger partial charge >= 0.3 is 5.97 Å². The zero-order chi connectivity index (χ0) is 36.9. The summed E-state index contributed by atoms with van der Waals surface area (Å²) >= 11 is 0. The van der Waals surface area contributed by atoms with Crippen LogP contribution >= 0.6 is 0 Å². The van der Waals surface area contributed by atoms with Gasteiger partial charge in [-0.3, -0.25) is 4.79 Å². The van der Waals surface area contributed by atoms with Crippen molar-refractivity contribution in [2.75, 3.05) is 7.11 Å². The van der Waals surface area contributed by atoms with Gasteiger partial charge in [0.2, 0.25) is 0 Å². The summed E-state index contributed by atoms with van der Waals surface area (Å²) in [5, 5.41) is 52.5. The standard InChI is InChI=1S/C40H64O9/c1-10-25(2)21-27(4)37(46)31(8)39-29(6)33(47-9)24-40(49-39)34(42)22-28(5)38(48-40)30(7)36(45)26(3)19-17-15-13-11-12-14-16-18-20-32(41)23-35(43)44/h10-20,26-34,36-39,41-42,45-46H,21-24H2,1-9H3,(H,43,44). The molecule has 14 unspecified atom stereocenters. The maximum atomic E-state index is 11.5. The molecule has 2 aliphatic heterocycles. The molecule has 2 aliphatic rings. The average Bonchev–Trinajstić information content (AvgIpc) is 3.06. The molecule has 49 heavy (non-hydrogen) atoms. The Balaban J connectivity index is 2.10. The molecule has 0 aromatic heterocycles. The third kappa shape index (κ3) is 12.4. The predicted octanol–water partition coefficient (Wildman–Crippen LogP) is 6.15. The molecule has 2 fully saturated rings. The number of aliphatic hydroxyl groups is 4. The van der Waals surface area contributed by atoms with Crippen LogP contribution in [-0.4, -0.2) is 87.1 Å². The third-order valence-electron chi connectivity index (χ3n) is 10.5. The molecule has 0 aromatic rings. The number of hydrogen-bond acceptors (Lipinski definition) is 8. The molecule has 0 amide bonds. The van der Waals surface area contributed by atoms with E-state index in [4.69, 9.17) is 19.3 Å². The Morgan fingerprint density at radius 3 is 1.94 bits per heavy atom. The van der Waals surface area contributed by atoms with Gasteiger partial charge in [-0.25, -0.2) is 0 Å². The molecule has 5 N–H and O–H groups in total. The van der Waals surface area contributed by atoms with Crippen molar-refractivity contribution in [1.82, 2.24) is 0 Å². The van der Waals surface area contributed by atoms with E-state index in [1.807, 2.05) is 71.1 Å². The Morgan fingerprint density at radius 1 is 0.857 bits per heavy atom. The highest BCUT2D eigenvalue weighted by atomic mass is 16.7. The minimum atomic E-state index is -1.31. The van der Waals surface area contributed by atoms with Crippen LogP contribution in [0.1, 0.15) is 81.1 Å². The van der Waals surface area contributed by atoms with Crippen molar-refractivity contribution in [3.05, 3.63) is 72.4 Å². The SMILES string of the molecule is CC=C(C)CC(C)C(O)C(C)C1OC2(CC(OC)C1C)OC(C(C)C(O)C(C)C=CC=CC=CC=CC=CC(O)CC(=O)O)C(C)CC2O. The van der Waals surface area contributed by atoms with Gasteiger partial charge in [-0.2, -0.15) is 0 Å². The van der Waals surface area contributed by atoms with E-state index in [2.05, 4.69) is 26.8 Å². The third-order valence-corrected chi connectivity index (χ3v) is 10.5. The van der Waals surface area contributed by atoms with Crippen molar-refractivity contribution >= 4 is 5.97 Å². The zero-order valence-corrected chi connectivity index (χ0v) is 31.1. The molecule has 0 radical (unpaired) electrons. The number of carboxylic acids is 1. The highest BCUT2D eigenvalue weighted by molar-refractivity contribution is 5.67. The van der Waals surface area contributed by atoms with Crippen LogP contribution in [0.2, 0.25) is 0 Å². The van der Waals surface area contributed by atoms with Crippen molar-refractivity contribution in [3.63, 3.8) is 0 Å². The second-order valence-electron chi connectivity index (χ2n) is 14.5. The minimum absolute atomic E-state index is 0.0240. The number of allylic oxidation sites excluding steroid dienone is 10. The maximum Gasteiger partial charge on any atom is 0.306 e. The summed E-state index contributed by atoms with van der Waals surface area (Å²) in [6.07, 6.45) is 16.8. The Morgan fingerprint density at radius 2 is 1.39 bits per heavy atom. The number of ether oxygens (including phenoxy) is 3. The van der Waals surface area contributed by atoms with Crippen molar-refractivity contribution < 1.29 is 44.5 Å². The van der Waals surface area contributed by atoms with Crippen molar-refractivity contribution in [2.45, 2.75) is 130 Å². The number of methoxy groups -OCH3 is 1. The van der Waals surface area contributed by atoms with E-state index >= 15 is 0 Å². The van der Waals surface area contributed by atoms with Crippen LogP contribution in [0.3, 0.4) is 0 Å². The summed E-state index contributed by atoms with van der Waals surface area (Å²) in [5.74, 6) is -3.05. The van der Waals surface area contributed by atoms with Gasteiger partial charge in [-0.05, 0) is 38.5 Å². The fraction of sp³-hybridized carbons (Fsp3) is 0.675. The number of carboxylic acid groups (broad SMARTS) is 1. The molecular formula is C40H64O9. The van der Waals surface area contributed by atoms with E-state index in [-0.39, 0.29) is 54.1 Å². The zero-order valence-electron chi connectivity index (χ0n) is 31.1. The van der Waals surface area contributed by atoms with Gasteiger partial charge in [0.1, 0.15) is 6.10 Å². The first-order chi connectivity index (χ1) is 23.1. The van der Waals surface area contributed by atoms with Crippen LogP contribution in [0, 0.1) is 35.5 Å². The van der Waals surface area contributed by atoms with Crippen LogP contribution in [0.5, 0.6) is 0 Å². The largest absolute Gasteiger partial charge is 0.481 e. The fourth-order valence-electron chi connectivity index (χ4n) is 7.26. The van der Waals surface area contributed by atoms with Gasteiger partial charge in [0.05, 0.1) is 43.0 Å². The van der Waals surface area contributed by atoms with Crippen molar-refractivity contribution in [1.29, 1.82) is 0 Å². The molecule has 14 atom stereocenters. The number of carbonyl (C=O) groups is 1. The number of aliphatic hydroxyl groups excluding tert-OH is 4. The molecule has 0 aromatic carbocycles. The van der Waals surface area contributed by atoms with Crippen LogP contribution in [0.25, 0.3) is 0 Å². The highest BCUT2D eigenvalue weighted by Crippen LogP contribution is 2.47. The van der Waals surface area contributed by atoms with Crippen molar-refractivity contribution in [2.24, 2.45) is 35.5 Å². The molecule has 278 valence electrons. The van der Waals surface area contributed by atoms with E-state index in [1.54, 1.807) is 25.3 Å². The summed E-state index contributed by atoms with van der Waals surface area (Å²) < 4.78 is 19.5. The molecular weight excluding hydrogens is 624 g/mol. The summed E-state index contributed by atoms with van der Waals surface area (Å²) in [7, 11) is 1.67. The molecule has 9 heteroatoms. The van der Waals surface area contributed by atoms with Crippen LogP contribution < -0.4 is 0 Å². The lowest BCUT2D eigenvalue weighted by Gasteiger charge is -2.56. The van der Waals surface area contributed by atoms with Gasteiger partial charge in [-0.1, -0.05) is 114 Å². The van der Waals surface area contributed by atoms with Gasteiger partial charge in [0, 0.05) is 37.2 Å². The highest BCUT2D eigenvalue weighted by Gasteiger charge is 2.57. The molecule has 2 saturated heterocycles. The number of aliphatic carboxylic acids is 1. The average molecular weight is 689 g/mol. The predicted molar refractivity (Wildman–Crippen MR) is 194 cm³/mol. The summed E-state index contributed by atoms with van der Waals surface area (Å²) in [6, 6.07) is 0. The lowest BCUT2D eigenvalue weighted by molar-refractivity contribution is -0.391. The van der Waals surface area contributed by atoms with Crippen LogP contribution in [0.4, 0.5) is 0 Å². The molecule has 2 heterocycles. The summed E-state index contributed by atoms with van der Waals surface area (Å²) in [4.78, 5) is 10.6. The molecule has 0 saturated carbocycles. The molecule has 0 aliphatic carbocycles. The van der Waals surface area contributed by atoms with Crippen LogP contribution in [0.15, 0.2) is 72.4 Å². The first-order valence-corrected chi connectivity index (χ1v) is 17.9. The second kappa shape index (κ2) is 20.5. The van der Waals surface area contributed by atoms with E-state index in [0.29, 0.717) is 12.8 Å². The minimum Gasteiger partial charge on any atom is -0.481 e. The Kier molecular flexibility index (Phi) is 17.9. The first-order valence-electron chi connectivity index (χ1n) is 17.9. The van der Waals surface area contributed by atoms with Crippen LogP contribution in [-0.2, 0) is 19.0 Å². The number of rotatable bonds is 17. The summed E-state index contributed by atoms with van der Waals surface area (Å²) in [6.45, 7) is 16.2. The fourth-order valence-corrected chi connectivity index (χ4v) is 7.26. The quantitative estimate of drug-likeness (QED) is 0.0898. The smallest absolute Gasteiger partial charge is 0.306 e. The Hall–Kier alpha value is -2.37. The van der Waals surface area contributed by atoms with Gasteiger partial charge in [-0.15, -0.1) is 0 Å². The first kappa shape index (κ1) is 42.8. The Labute approximate surface area is 294 Å². The molecule has 2 rings (SSSR count). The molecule has 0 bridgehead atoms.